The molecule has 3 aromatic rings. The number of H-pyrrole nitrogens is 1. The SMILES string of the molecule is O=S(c1ccc(C2=CCCC2)c(-c2cc3ccccc3[nH]2)c1)N1CCC1. The minimum absolute atomic E-state index is 0.903. The summed E-state index contributed by atoms with van der Waals surface area (Å²) >= 11 is 0. The molecular weight excluding hydrogens is 340 g/mol. The number of allylic oxidation sites excluding steroid dienone is 2. The maximum Gasteiger partial charge on any atom is 0.127 e. The molecule has 5 rings (SSSR count). The fourth-order valence-electron chi connectivity index (χ4n) is 3.87. The molecule has 1 aliphatic heterocycles. The first-order valence-electron chi connectivity index (χ1n) is 9.38. The van der Waals surface area contributed by atoms with Crippen LogP contribution in [0.2, 0.25) is 0 Å². The molecule has 0 bridgehead atoms. The Bertz CT molecular complexity index is 997. The number of para-hydroxylation sites is 1. The molecule has 3 nitrogen and oxygen atoms in total. The van der Waals surface area contributed by atoms with Crippen molar-refractivity contribution < 1.29 is 4.21 Å². The van der Waals surface area contributed by atoms with Crippen molar-refractivity contribution in [3.05, 3.63) is 60.2 Å². The zero-order valence-corrected chi connectivity index (χ0v) is 15.5. The molecule has 4 heteroatoms. The van der Waals surface area contributed by atoms with Crippen LogP contribution in [0.4, 0.5) is 0 Å². The zero-order valence-electron chi connectivity index (χ0n) is 14.7. The van der Waals surface area contributed by atoms with Gasteiger partial charge in [-0.25, -0.2) is 8.51 Å². The minimum Gasteiger partial charge on any atom is -0.355 e. The third-order valence-electron chi connectivity index (χ3n) is 5.45. The van der Waals surface area contributed by atoms with Crippen LogP contribution in [0, 0.1) is 0 Å². The van der Waals surface area contributed by atoms with Crippen LogP contribution in [0.3, 0.4) is 0 Å². The lowest BCUT2D eigenvalue weighted by Gasteiger charge is -2.29. The molecule has 0 spiro atoms. The van der Waals surface area contributed by atoms with Crippen molar-refractivity contribution in [3.63, 3.8) is 0 Å². The Kier molecular flexibility index (Phi) is 4.03. The largest absolute Gasteiger partial charge is 0.355 e. The summed E-state index contributed by atoms with van der Waals surface area (Å²) in [5, 5.41) is 1.21. The second-order valence-corrected chi connectivity index (χ2v) is 8.62. The van der Waals surface area contributed by atoms with E-state index in [9.17, 15) is 4.21 Å². The van der Waals surface area contributed by atoms with Gasteiger partial charge in [0.05, 0.1) is 4.90 Å². The average Bonchev–Trinajstić information content (AvgIpc) is 3.29. The molecule has 1 aromatic heterocycles. The quantitative estimate of drug-likeness (QED) is 0.686. The second-order valence-electron chi connectivity index (χ2n) is 7.13. The summed E-state index contributed by atoms with van der Waals surface area (Å²) in [6.45, 7) is 1.86. The van der Waals surface area contributed by atoms with E-state index in [4.69, 9.17) is 0 Å². The molecule has 1 fully saturated rings. The highest BCUT2D eigenvalue weighted by atomic mass is 32.2. The molecule has 26 heavy (non-hydrogen) atoms. The van der Waals surface area contributed by atoms with E-state index in [1.54, 1.807) is 0 Å². The number of fused-ring (bicyclic) bond motifs is 1. The Morgan fingerprint density at radius 3 is 2.58 bits per heavy atom. The molecule has 1 N–H and O–H groups in total. The van der Waals surface area contributed by atoms with Crippen molar-refractivity contribution in [3.8, 4) is 11.3 Å². The maximum absolute atomic E-state index is 12.8. The highest BCUT2D eigenvalue weighted by Gasteiger charge is 2.23. The van der Waals surface area contributed by atoms with Crippen molar-refractivity contribution in [2.24, 2.45) is 0 Å². The maximum atomic E-state index is 12.8. The topological polar surface area (TPSA) is 36.1 Å². The predicted octanol–water partition coefficient (Wildman–Crippen LogP) is 5.13. The number of rotatable bonds is 4. The lowest BCUT2D eigenvalue weighted by Crippen LogP contribution is -2.38. The molecule has 2 heterocycles. The highest BCUT2D eigenvalue weighted by molar-refractivity contribution is 7.82. The zero-order chi connectivity index (χ0) is 17.5. The van der Waals surface area contributed by atoms with Crippen LogP contribution >= 0.6 is 0 Å². The summed E-state index contributed by atoms with van der Waals surface area (Å²) < 4.78 is 14.9. The van der Waals surface area contributed by atoms with E-state index >= 15 is 0 Å². The Morgan fingerprint density at radius 2 is 1.85 bits per heavy atom. The fourth-order valence-corrected chi connectivity index (χ4v) is 5.16. The summed E-state index contributed by atoms with van der Waals surface area (Å²) in [5.74, 6) is 0. The molecule has 0 radical (unpaired) electrons. The van der Waals surface area contributed by atoms with Gasteiger partial charge >= 0.3 is 0 Å². The van der Waals surface area contributed by atoms with Gasteiger partial charge in [-0.1, -0.05) is 30.3 Å². The van der Waals surface area contributed by atoms with Gasteiger partial charge in [-0.3, -0.25) is 0 Å². The molecule has 1 saturated heterocycles. The van der Waals surface area contributed by atoms with E-state index < -0.39 is 11.0 Å². The molecule has 2 aliphatic rings. The number of aromatic amines is 1. The van der Waals surface area contributed by atoms with Crippen LogP contribution < -0.4 is 0 Å². The van der Waals surface area contributed by atoms with Gasteiger partial charge in [0.15, 0.2) is 0 Å². The Balaban J connectivity index is 1.64. The van der Waals surface area contributed by atoms with Crippen molar-refractivity contribution >= 4 is 27.5 Å². The smallest absolute Gasteiger partial charge is 0.127 e. The van der Waals surface area contributed by atoms with Gasteiger partial charge in [-0.2, -0.15) is 0 Å². The molecule has 0 saturated carbocycles. The lowest BCUT2D eigenvalue weighted by molar-refractivity contribution is 0.328. The number of aromatic nitrogens is 1. The molecule has 132 valence electrons. The van der Waals surface area contributed by atoms with E-state index in [1.165, 1.54) is 28.5 Å². The standard InChI is InChI=1S/C22H22N2OS/c25-26(24-12-5-13-24)18-10-11-19(16-6-1-2-7-16)20(15-18)22-14-17-8-3-4-9-21(17)23-22/h3-4,6,8-11,14-15,23H,1-2,5,7,12-13H2. The Morgan fingerprint density at radius 1 is 0.962 bits per heavy atom. The monoisotopic (exact) mass is 362 g/mol. The predicted molar refractivity (Wildman–Crippen MR) is 108 cm³/mol. The fraction of sp³-hybridized carbons (Fsp3) is 0.273. The first kappa shape index (κ1) is 16.0. The lowest BCUT2D eigenvalue weighted by atomic mass is 9.97. The van der Waals surface area contributed by atoms with Crippen LogP contribution in [0.25, 0.3) is 27.7 Å². The number of nitrogens with one attached hydrogen (secondary N) is 1. The summed E-state index contributed by atoms with van der Waals surface area (Å²) in [7, 11) is -1.05. The molecule has 0 amide bonds. The van der Waals surface area contributed by atoms with Gasteiger partial charge in [0, 0.05) is 35.2 Å². The van der Waals surface area contributed by atoms with Crippen LogP contribution in [0.5, 0.6) is 0 Å². The van der Waals surface area contributed by atoms with Crippen molar-refractivity contribution in [1.29, 1.82) is 0 Å². The third kappa shape index (κ3) is 2.74. The van der Waals surface area contributed by atoms with E-state index in [0.717, 1.165) is 48.5 Å². The Hall–Kier alpha value is -2.17. The average molecular weight is 362 g/mol. The van der Waals surface area contributed by atoms with Crippen molar-refractivity contribution in [2.75, 3.05) is 13.1 Å². The third-order valence-corrected chi connectivity index (χ3v) is 6.94. The van der Waals surface area contributed by atoms with Gasteiger partial charge < -0.3 is 4.98 Å². The summed E-state index contributed by atoms with van der Waals surface area (Å²) in [4.78, 5) is 4.46. The number of benzene rings is 2. The van der Waals surface area contributed by atoms with Gasteiger partial charge in [-0.15, -0.1) is 0 Å². The van der Waals surface area contributed by atoms with Crippen molar-refractivity contribution in [1.82, 2.24) is 9.29 Å². The van der Waals surface area contributed by atoms with Gasteiger partial charge in [0.25, 0.3) is 0 Å². The molecule has 1 aliphatic carbocycles. The first-order valence-corrected chi connectivity index (χ1v) is 10.5. The summed E-state index contributed by atoms with van der Waals surface area (Å²) in [5.41, 5.74) is 6.11. The van der Waals surface area contributed by atoms with Gasteiger partial charge in [0.2, 0.25) is 0 Å². The number of hydrogen-bond donors (Lipinski definition) is 1. The Labute approximate surface area is 156 Å². The second kappa shape index (κ2) is 6.53. The van der Waals surface area contributed by atoms with E-state index in [2.05, 4.69) is 59.6 Å². The molecular formula is C22H22N2OS. The normalized spacial score (nSPS) is 18.7. The minimum atomic E-state index is -1.05. The molecule has 1 unspecified atom stereocenters. The van der Waals surface area contributed by atoms with Crippen molar-refractivity contribution in [2.45, 2.75) is 30.6 Å². The summed E-state index contributed by atoms with van der Waals surface area (Å²) in [6, 6.07) is 16.9. The van der Waals surface area contributed by atoms with Gasteiger partial charge in [-0.05, 0) is 61.1 Å². The van der Waals surface area contributed by atoms with E-state index in [0.29, 0.717) is 0 Å². The molecule has 1 atom stereocenters. The van der Waals surface area contributed by atoms with Crippen LogP contribution in [0.1, 0.15) is 31.2 Å². The summed E-state index contributed by atoms with van der Waals surface area (Å²) in [6.07, 6.45) is 7.01. The van der Waals surface area contributed by atoms with Crippen LogP contribution in [-0.4, -0.2) is 26.6 Å². The first-order chi connectivity index (χ1) is 12.8. The number of hydrogen-bond acceptors (Lipinski definition) is 1. The number of nitrogens with zero attached hydrogens (tertiary/aromatic N) is 1. The van der Waals surface area contributed by atoms with E-state index in [1.807, 2.05) is 4.31 Å². The van der Waals surface area contributed by atoms with Crippen LogP contribution in [0.15, 0.2) is 59.5 Å². The molecule has 2 aromatic carbocycles. The van der Waals surface area contributed by atoms with E-state index in [-0.39, 0.29) is 0 Å². The van der Waals surface area contributed by atoms with Gasteiger partial charge in [0.1, 0.15) is 11.0 Å². The highest BCUT2D eigenvalue weighted by Crippen LogP contribution is 2.37. The van der Waals surface area contributed by atoms with Crippen LogP contribution in [-0.2, 0) is 11.0 Å².